The highest BCUT2D eigenvalue weighted by atomic mass is 19.3. The van der Waals surface area contributed by atoms with Crippen molar-refractivity contribution >= 4 is 0 Å². The lowest BCUT2D eigenvalue weighted by Crippen LogP contribution is -2.34. The topological polar surface area (TPSA) is 9.23 Å². The first-order valence-corrected chi connectivity index (χ1v) is 8.92. The van der Waals surface area contributed by atoms with Crippen molar-refractivity contribution in [1.82, 2.24) is 0 Å². The van der Waals surface area contributed by atoms with Crippen LogP contribution in [-0.2, 0) is 4.74 Å². The van der Waals surface area contributed by atoms with Crippen LogP contribution in [0.1, 0.15) is 64.2 Å². The van der Waals surface area contributed by atoms with Crippen LogP contribution in [0.2, 0.25) is 0 Å². The molecule has 0 aromatic rings. The molecule has 0 bridgehead atoms. The van der Waals surface area contributed by atoms with Gasteiger partial charge in [0.2, 0.25) is 0 Å². The van der Waals surface area contributed by atoms with E-state index in [0.717, 1.165) is 50.2 Å². The monoisotopic (exact) mass is 312 g/mol. The quantitative estimate of drug-likeness (QED) is 0.515. The minimum Gasteiger partial charge on any atom is -0.378 e. The summed E-state index contributed by atoms with van der Waals surface area (Å²) in [6, 6.07) is 0. The maximum Gasteiger partial charge on any atom is 0.266 e. The van der Waals surface area contributed by atoms with Crippen molar-refractivity contribution in [3.63, 3.8) is 0 Å². The van der Waals surface area contributed by atoms with E-state index in [2.05, 4.69) is 6.58 Å². The van der Waals surface area contributed by atoms with Crippen molar-refractivity contribution in [3.05, 3.63) is 24.8 Å². The molecule has 2 aliphatic rings. The number of hydrogen-bond donors (Lipinski definition) is 0. The summed E-state index contributed by atoms with van der Waals surface area (Å²) in [5.41, 5.74) is 0. The summed E-state index contributed by atoms with van der Waals surface area (Å²) >= 11 is 0. The first-order chi connectivity index (χ1) is 10.7. The number of allylic oxidation sites excluding steroid dienone is 2. The summed E-state index contributed by atoms with van der Waals surface area (Å²) in [6.07, 6.45) is 13.2. The zero-order valence-corrected chi connectivity index (χ0v) is 13.6. The Labute approximate surface area is 133 Å². The lowest BCUT2D eigenvalue weighted by atomic mass is 9.76. The maximum atomic E-state index is 12.0. The van der Waals surface area contributed by atoms with E-state index in [-0.39, 0.29) is 0 Å². The summed E-state index contributed by atoms with van der Waals surface area (Å²) < 4.78 is 30.1. The van der Waals surface area contributed by atoms with Crippen LogP contribution in [0, 0.1) is 17.8 Å². The molecule has 1 saturated carbocycles. The van der Waals surface area contributed by atoms with Gasteiger partial charge in [-0.1, -0.05) is 18.9 Å². The van der Waals surface area contributed by atoms with E-state index in [1.54, 1.807) is 0 Å². The van der Waals surface area contributed by atoms with E-state index < -0.39 is 6.08 Å². The molecule has 0 amide bonds. The molecule has 0 radical (unpaired) electrons. The highest BCUT2D eigenvalue weighted by Crippen LogP contribution is 2.37. The van der Waals surface area contributed by atoms with E-state index in [4.69, 9.17) is 4.74 Å². The average Bonchev–Trinajstić information content (AvgIpc) is 2.54. The predicted molar refractivity (Wildman–Crippen MR) is 86.9 cm³/mol. The Hall–Kier alpha value is -0.700. The van der Waals surface area contributed by atoms with Crippen molar-refractivity contribution < 1.29 is 13.5 Å². The average molecular weight is 312 g/mol. The van der Waals surface area contributed by atoms with Crippen LogP contribution >= 0.6 is 0 Å². The Morgan fingerprint density at radius 2 is 1.64 bits per heavy atom. The summed E-state index contributed by atoms with van der Waals surface area (Å²) in [5, 5.41) is 0. The van der Waals surface area contributed by atoms with Gasteiger partial charge in [0.15, 0.2) is 0 Å². The van der Waals surface area contributed by atoms with Crippen LogP contribution in [0.3, 0.4) is 0 Å². The fourth-order valence-electron chi connectivity index (χ4n) is 4.06. The van der Waals surface area contributed by atoms with Gasteiger partial charge >= 0.3 is 0 Å². The molecule has 1 nitrogen and oxygen atoms in total. The molecule has 0 aromatic carbocycles. The minimum atomic E-state index is -1.55. The van der Waals surface area contributed by atoms with Gasteiger partial charge in [0.05, 0.1) is 6.10 Å². The van der Waals surface area contributed by atoms with Crippen molar-refractivity contribution in [1.29, 1.82) is 0 Å². The maximum absolute atomic E-state index is 12.0. The van der Waals surface area contributed by atoms with Crippen LogP contribution in [-0.4, -0.2) is 12.7 Å². The van der Waals surface area contributed by atoms with E-state index in [1.807, 2.05) is 6.08 Å². The third-order valence-electron chi connectivity index (χ3n) is 5.48. The SMILES string of the molecule is C=CCCC1CCC(C2CCC(CCC=C(F)F)CO2)CC1. The smallest absolute Gasteiger partial charge is 0.266 e. The molecule has 2 fully saturated rings. The van der Waals surface area contributed by atoms with Crippen molar-refractivity contribution in [2.24, 2.45) is 17.8 Å². The first kappa shape index (κ1) is 17.7. The van der Waals surface area contributed by atoms with Crippen molar-refractivity contribution in [3.8, 4) is 0 Å². The summed E-state index contributed by atoms with van der Waals surface area (Å²) in [7, 11) is 0. The number of ether oxygens (including phenoxy) is 1. The molecule has 1 aliphatic carbocycles. The molecule has 0 aromatic heterocycles. The molecule has 126 valence electrons. The fraction of sp³-hybridized carbons (Fsp3) is 0.789. The normalized spacial score (nSPS) is 32.5. The van der Waals surface area contributed by atoms with E-state index >= 15 is 0 Å². The van der Waals surface area contributed by atoms with Crippen LogP contribution < -0.4 is 0 Å². The molecule has 1 aliphatic heterocycles. The zero-order chi connectivity index (χ0) is 15.8. The summed E-state index contributed by atoms with van der Waals surface area (Å²) in [6.45, 7) is 4.57. The van der Waals surface area contributed by atoms with Gasteiger partial charge in [-0.25, -0.2) is 0 Å². The molecule has 0 spiro atoms. The molecule has 1 saturated heterocycles. The van der Waals surface area contributed by atoms with Gasteiger partial charge < -0.3 is 4.74 Å². The molecule has 22 heavy (non-hydrogen) atoms. The molecular formula is C19H30F2O. The highest BCUT2D eigenvalue weighted by molar-refractivity contribution is 4.85. The number of hydrogen-bond acceptors (Lipinski definition) is 1. The largest absolute Gasteiger partial charge is 0.378 e. The molecule has 0 N–H and O–H groups in total. The van der Waals surface area contributed by atoms with Gasteiger partial charge in [0.25, 0.3) is 6.08 Å². The van der Waals surface area contributed by atoms with Crippen molar-refractivity contribution in [2.75, 3.05) is 6.61 Å². The highest BCUT2D eigenvalue weighted by Gasteiger charge is 2.31. The van der Waals surface area contributed by atoms with Gasteiger partial charge in [-0.05, 0) is 75.2 Å². The number of rotatable bonds is 7. The fourth-order valence-corrected chi connectivity index (χ4v) is 4.06. The lowest BCUT2D eigenvalue weighted by molar-refractivity contribution is -0.0593. The Balaban J connectivity index is 1.63. The van der Waals surface area contributed by atoms with Crippen LogP contribution in [0.5, 0.6) is 0 Å². The lowest BCUT2D eigenvalue weighted by Gasteiger charge is -2.37. The molecule has 2 unspecified atom stereocenters. The molecular weight excluding hydrogens is 282 g/mol. The van der Waals surface area contributed by atoms with Gasteiger partial charge in [0.1, 0.15) is 0 Å². The second kappa shape index (κ2) is 9.44. The third kappa shape index (κ3) is 5.83. The van der Waals surface area contributed by atoms with Crippen LogP contribution in [0.4, 0.5) is 8.78 Å². The Morgan fingerprint density at radius 3 is 2.23 bits per heavy atom. The van der Waals surface area contributed by atoms with Gasteiger partial charge in [-0.15, -0.1) is 6.58 Å². The standard InChI is InChI=1S/C19H30F2O/c1-2-3-5-15-8-11-17(12-9-15)18-13-10-16(14-22-18)6-4-7-19(20)21/h2,7,15-18H,1,3-6,8-14H2. The molecule has 3 heteroatoms. The van der Waals surface area contributed by atoms with E-state index in [0.29, 0.717) is 18.4 Å². The first-order valence-electron chi connectivity index (χ1n) is 8.92. The van der Waals surface area contributed by atoms with E-state index in [1.165, 1.54) is 32.1 Å². The Morgan fingerprint density at radius 1 is 0.955 bits per heavy atom. The zero-order valence-electron chi connectivity index (χ0n) is 13.6. The molecule has 1 heterocycles. The summed E-state index contributed by atoms with van der Waals surface area (Å²) in [5.74, 6) is 2.08. The van der Waals surface area contributed by atoms with Gasteiger partial charge in [-0.2, -0.15) is 8.78 Å². The van der Waals surface area contributed by atoms with E-state index in [9.17, 15) is 8.78 Å². The third-order valence-corrected chi connectivity index (χ3v) is 5.48. The Kier molecular flexibility index (Phi) is 7.57. The number of halogens is 2. The second-order valence-corrected chi connectivity index (χ2v) is 7.03. The second-order valence-electron chi connectivity index (χ2n) is 7.03. The van der Waals surface area contributed by atoms with Gasteiger partial charge in [-0.3, -0.25) is 0 Å². The summed E-state index contributed by atoms with van der Waals surface area (Å²) in [4.78, 5) is 0. The van der Waals surface area contributed by atoms with Crippen LogP contribution in [0.15, 0.2) is 24.8 Å². The molecule has 2 rings (SSSR count). The van der Waals surface area contributed by atoms with Crippen LogP contribution in [0.25, 0.3) is 0 Å². The van der Waals surface area contributed by atoms with Crippen molar-refractivity contribution in [2.45, 2.75) is 70.3 Å². The molecule has 2 atom stereocenters. The predicted octanol–water partition coefficient (Wildman–Crippen LogP) is 6.11. The minimum absolute atomic E-state index is 0.421. The Bertz CT molecular complexity index is 346. The van der Waals surface area contributed by atoms with Gasteiger partial charge in [0, 0.05) is 6.61 Å².